The second-order valence-corrected chi connectivity index (χ2v) is 7.43. The van der Waals surface area contributed by atoms with Crippen LogP contribution in [0.5, 0.6) is 0 Å². The summed E-state index contributed by atoms with van der Waals surface area (Å²) >= 11 is 0. The Labute approximate surface area is 173 Å². The van der Waals surface area contributed by atoms with Gasteiger partial charge < -0.3 is 10.1 Å². The Kier molecular flexibility index (Phi) is 5.60. The summed E-state index contributed by atoms with van der Waals surface area (Å²) in [5.41, 5.74) is 1.03. The molecule has 1 aliphatic carbocycles. The molecule has 9 nitrogen and oxygen atoms in total. The quantitative estimate of drug-likeness (QED) is 0.573. The van der Waals surface area contributed by atoms with Crippen LogP contribution in [0.15, 0.2) is 36.5 Å². The Morgan fingerprint density at radius 1 is 1.13 bits per heavy atom. The highest BCUT2D eigenvalue weighted by Crippen LogP contribution is 2.31. The summed E-state index contributed by atoms with van der Waals surface area (Å²) in [5.74, 6) is -1.79. The summed E-state index contributed by atoms with van der Waals surface area (Å²) < 4.78 is 6.77. The topological polar surface area (TPSA) is 111 Å². The van der Waals surface area contributed by atoms with Gasteiger partial charge in [0.1, 0.15) is 12.4 Å². The molecule has 0 unspecified atom stereocenters. The van der Waals surface area contributed by atoms with E-state index in [1.165, 1.54) is 0 Å². The maximum absolute atomic E-state index is 12.5. The monoisotopic (exact) mass is 410 g/mol. The predicted molar refractivity (Wildman–Crippen MR) is 106 cm³/mol. The number of hydrogen-bond acceptors (Lipinski definition) is 6. The summed E-state index contributed by atoms with van der Waals surface area (Å²) in [6.07, 6.45) is 5.95. The van der Waals surface area contributed by atoms with Gasteiger partial charge in [-0.15, -0.1) is 0 Å². The SMILES string of the molecule is O=C(COC(=O)CN1C(=O)Cc2ccccc2C1=O)Nc1ccnn1C1CCCC1. The molecule has 4 rings (SSSR count). The van der Waals surface area contributed by atoms with Crippen molar-refractivity contribution in [2.24, 2.45) is 0 Å². The number of fused-ring (bicyclic) bond motifs is 1. The molecule has 1 aromatic carbocycles. The average molecular weight is 410 g/mol. The van der Waals surface area contributed by atoms with Crippen molar-refractivity contribution in [1.29, 1.82) is 0 Å². The fourth-order valence-electron chi connectivity index (χ4n) is 3.91. The van der Waals surface area contributed by atoms with E-state index in [4.69, 9.17) is 4.74 Å². The lowest BCUT2D eigenvalue weighted by Crippen LogP contribution is -2.45. The summed E-state index contributed by atoms with van der Waals surface area (Å²) in [6, 6.07) is 8.73. The summed E-state index contributed by atoms with van der Waals surface area (Å²) in [5, 5.41) is 6.97. The molecule has 9 heteroatoms. The van der Waals surface area contributed by atoms with Gasteiger partial charge in [0, 0.05) is 11.6 Å². The first-order chi connectivity index (χ1) is 14.5. The lowest BCUT2D eigenvalue weighted by molar-refractivity contribution is -0.150. The van der Waals surface area contributed by atoms with Crippen LogP contribution in [-0.4, -0.2) is 51.5 Å². The first kappa shape index (κ1) is 19.8. The number of nitrogens with one attached hydrogen (secondary N) is 1. The molecule has 0 bridgehead atoms. The van der Waals surface area contributed by atoms with Crippen LogP contribution in [0.1, 0.15) is 47.6 Å². The van der Waals surface area contributed by atoms with E-state index in [1.54, 1.807) is 41.2 Å². The van der Waals surface area contributed by atoms with Crippen molar-refractivity contribution in [2.75, 3.05) is 18.5 Å². The van der Waals surface area contributed by atoms with E-state index in [0.29, 0.717) is 16.9 Å². The van der Waals surface area contributed by atoms with Gasteiger partial charge in [0.05, 0.1) is 18.7 Å². The second kappa shape index (κ2) is 8.48. The third-order valence-electron chi connectivity index (χ3n) is 5.40. The standard InChI is InChI=1S/C21H22N4O5/c26-18(23-17-9-10-22-25(17)15-6-2-3-7-15)13-30-20(28)12-24-19(27)11-14-5-1-4-8-16(14)21(24)29/h1,4-5,8-10,15H,2-3,6-7,11-13H2,(H,23,26). The Bertz CT molecular complexity index is 993. The molecule has 0 saturated heterocycles. The van der Waals surface area contributed by atoms with Gasteiger partial charge in [0.15, 0.2) is 6.61 Å². The van der Waals surface area contributed by atoms with Crippen molar-refractivity contribution in [3.63, 3.8) is 0 Å². The van der Waals surface area contributed by atoms with Gasteiger partial charge in [-0.3, -0.25) is 24.1 Å². The number of carbonyl (C=O) groups is 4. The number of carbonyl (C=O) groups excluding carboxylic acids is 4. The van der Waals surface area contributed by atoms with E-state index < -0.39 is 36.8 Å². The maximum Gasteiger partial charge on any atom is 0.326 e. The van der Waals surface area contributed by atoms with E-state index >= 15 is 0 Å². The number of nitrogens with zero attached hydrogens (tertiary/aromatic N) is 3. The highest BCUT2D eigenvalue weighted by Gasteiger charge is 2.32. The number of esters is 1. The van der Waals surface area contributed by atoms with Crippen LogP contribution in [0.3, 0.4) is 0 Å². The molecule has 1 aromatic heterocycles. The fourth-order valence-corrected chi connectivity index (χ4v) is 3.91. The van der Waals surface area contributed by atoms with E-state index in [1.807, 2.05) is 0 Å². The molecule has 156 valence electrons. The number of rotatable bonds is 6. The zero-order valence-corrected chi connectivity index (χ0v) is 16.4. The second-order valence-electron chi connectivity index (χ2n) is 7.43. The first-order valence-corrected chi connectivity index (χ1v) is 9.94. The summed E-state index contributed by atoms with van der Waals surface area (Å²) in [7, 11) is 0. The minimum Gasteiger partial charge on any atom is -0.454 e. The number of ether oxygens (including phenoxy) is 1. The van der Waals surface area contributed by atoms with Crippen LogP contribution >= 0.6 is 0 Å². The Hall–Kier alpha value is -3.49. The van der Waals surface area contributed by atoms with Gasteiger partial charge in [-0.25, -0.2) is 4.68 Å². The summed E-state index contributed by atoms with van der Waals surface area (Å²) in [4.78, 5) is 49.9. The molecule has 1 N–H and O–H groups in total. The van der Waals surface area contributed by atoms with Crippen LogP contribution < -0.4 is 5.32 Å². The smallest absolute Gasteiger partial charge is 0.326 e. The van der Waals surface area contributed by atoms with E-state index in [0.717, 1.165) is 30.6 Å². The minimum absolute atomic E-state index is 0.0425. The third-order valence-corrected chi connectivity index (χ3v) is 5.40. The van der Waals surface area contributed by atoms with Crippen molar-refractivity contribution in [3.05, 3.63) is 47.7 Å². The Morgan fingerprint density at radius 2 is 1.90 bits per heavy atom. The third kappa shape index (κ3) is 4.10. The van der Waals surface area contributed by atoms with Crippen molar-refractivity contribution >= 4 is 29.5 Å². The van der Waals surface area contributed by atoms with Crippen LogP contribution in [0.25, 0.3) is 0 Å². The van der Waals surface area contributed by atoms with Gasteiger partial charge >= 0.3 is 5.97 Å². The highest BCUT2D eigenvalue weighted by atomic mass is 16.5. The molecule has 1 saturated carbocycles. The molecule has 1 fully saturated rings. The molecule has 2 aromatic rings. The summed E-state index contributed by atoms with van der Waals surface area (Å²) in [6.45, 7) is -1.04. The maximum atomic E-state index is 12.5. The average Bonchev–Trinajstić information content (AvgIpc) is 3.41. The Morgan fingerprint density at radius 3 is 2.70 bits per heavy atom. The lowest BCUT2D eigenvalue weighted by Gasteiger charge is -2.25. The number of anilines is 1. The Balaban J connectivity index is 1.30. The van der Waals surface area contributed by atoms with Crippen LogP contribution in [0.4, 0.5) is 5.82 Å². The molecule has 2 aliphatic rings. The molecule has 0 atom stereocenters. The highest BCUT2D eigenvalue weighted by molar-refractivity contribution is 6.11. The van der Waals surface area contributed by atoms with Crippen LogP contribution in [0, 0.1) is 0 Å². The van der Waals surface area contributed by atoms with E-state index in [9.17, 15) is 19.2 Å². The molecular formula is C21H22N4O5. The first-order valence-electron chi connectivity index (χ1n) is 9.94. The largest absolute Gasteiger partial charge is 0.454 e. The molecule has 1 aliphatic heterocycles. The molecule has 0 spiro atoms. The molecule has 30 heavy (non-hydrogen) atoms. The van der Waals surface area contributed by atoms with Crippen molar-refractivity contribution in [3.8, 4) is 0 Å². The van der Waals surface area contributed by atoms with Crippen molar-refractivity contribution < 1.29 is 23.9 Å². The van der Waals surface area contributed by atoms with Gasteiger partial charge in [-0.2, -0.15) is 5.10 Å². The number of imide groups is 1. The van der Waals surface area contributed by atoms with Gasteiger partial charge in [-0.05, 0) is 24.5 Å². The predicted octanol–water partition coefficient (Wildman–Crippen LogP) is 1.70. The molecule has 3 amide bonds. The zero-order valence-electron chi connectivity index (χ0n) is 16.4. The van der Waals surface area contributed by atoms with Gasteiger partial charge in [-0.1, -0.05) is 31.0 Å². The van der Waals surface area contributed by atoms with Crippen LogP contribution in [-0.2, 0) is 25.5 Å². The van der Waals surface area contributed by atoms with Gasteiger partial charge in [0.25, 0.3) is 11.8 Å². The van der Waals surface area contributed by atoms with Crippen LogP contribution in [0.2, 0.25) is 0 Å². The normalized spacial score (nSPS) is 16.5. The van der Waals surface area contributed by atoms with E-state index in [2.05, 4.69) is 10.4 Å². The molecule has 2 heterocycles. The van der Waals surface area contributed by atoms with Crippen molar-refractivity contribution in [2.45, 2.75) is 38.1 Å². The zero-order chi connectivity index (χ0) is 21.1. The van der Waals surface area contributed by atoms with Gasteiger partial charge in [0.2, 0.25) is 5.91 Å². The lowest BCUT2D eigenvalue weighted by atomic mass is 9.98. The minimum atomic E-state index is -0.824. The molecular weight excluding hydrogens is 388 g/mol. The van der Waals surface area contributed by atoms with E-state index in [-0.39, 0.29) is 12.5 Å². The number of amides is 3. The number of benzene rings is 1. The molecule has 0 radical (unpaired) electrons. The van der Waals surface area contributed by atoms with Crippen molar-refractivity contribution in [1.82, 2.24) is 14.7 Å². The number of aromatic nitrogens is 2. The fraction of sp³-hybridized carbons (Fsp3) is 0.381. The number of hydrogen-bond donors (Lipinski definition) is 1.